The van der Waals surface area contributed by atoms with Crippen molar-refractivity contribution >= 4 is 5.82 Å². The summed E-state index contributed by atoms with van der Waals surface area (Å²) in [5.41, 5.74) is -0.214. The van der Waals surface area contributed by atoms with Crippen LogP contribution in [0.25, 0.3) is 11.4 Å². The molecule has 0 N–H and O–H groups in total. The third kappa shape index (κ3) is 4.14. The first-order valence-electron chi connectivity index (χ1n) is 8.87. The lowest BCUT2D eigenvalue weighted by molar-refractivity contribution is -0.137. The van der Waals surface area contributed by atoms with E-state index in [4.69, 9.17) is 4.52 Å². The molecule has 3 aromatic rings. The van der Waals surface area contributed by atoms with E-state index in [1.165, 1.54) is 12.1 Å². The normalized spacial score (nSPS) is 15.8. The van der Waals surface area contributed by atoms with Gasteiger partial charge in [-0.2, -0.15) is 18.2 Å². The zero-order chi connectivity index (χ0) is 19.6. The van der Waals surface area contributed by atoms with E-state index in [-0.39, 0.29) is 5.82 Å². The quantitative estimate of drug-likeness (QED) is 0.681. The first-order chi connectivity index (χ1) is 13.5. The number of nitrogens with zero attached hydrogens (tertiary/aromatic N) is 5. The molecule has 0 atom stereocenters. The predicted molar refractivity (Wildman–Crippen MR) is 96.5 cm³/mol. The van der Waals surface area contributed by atoms with Crippen molar-refractivity contribution in [2.45, 2.75) is 12.7 Å². The van der Waals surface area contributed by atoms with Gasteiger partial charge >= 0.3 is 6.18 Å². The van der Waals surface area contributed by atoms with Crippen molar-refractivity contribution < 1.29 is 17.7 Å². The van der Waals surface area contributed by atoms with E-state index in [0.29, 0.717) is 18.0 Å². The van der Waals surface area contributed by atoms with E-state index in [0.717, 1.165) is 44.1 Å². The van der Waals surface area contributed by atoms with Gasteiger partial charge in [0, 0.05) is 37.9 Å². The van der Waals surface area contributed by atoms with Crippen LogP contribution < -0.4 is 4.90 Å². The number of alkyl halides is 3. The fourth-order valence-electron chi connectivity index (χ4n) is 3.11. The highest BCUT2D eigenvalue weighted by Crippen LogP contribution is 2.30. The predicted octanol–water partition coefficient (Wildman–Crippen LogP) is 3.47. The second kappa shape index (κ2) is 7.59. The SMILES string of the molecule is FC(F)(F)c1ccc(-c2noc(CN3CCN(c4ccccn4)CC3)n2)cc1. The van der Waals surface area contributed by atoms with Crippen LogP contribution in [0.5, 0.6) is 0 Å². The van der Waals surface area contributed by atoms with Gasteiger partial charge in [-0.3, -0.25) is 4.90 Å². The molecule has 9 heteroatoms. The van der Waals surface area contributed by atoms with Crippen LogP contribution in [0, 0.1) is 0 Å². The van der Waals surface area contributed by atoms with E-state index in [2.05, 4.69) is 24.9 Å². The summed E-state index contributed by atoms with van der Waals surface area (Å²) >= 11 is 0. The number of benzene rings is 1. The summed E-state index contributed by atoms with van der Waals surface area (Å²) in [4.78, 5) is 13.1. The van der Waals surface area contributed by atoms with Gasteiger partial charge in [0.1, 0.15) is 5.82 Å². The molecule has 0 spiro atoms. The number of hydrogen-bond donors (Lipinski definition) is 0. The van der Waals surface area contributed by atoms with Crippen LogP contribution >= 0.6 is 0 Å². The van der Waals surface area contributed by atoms with E-state index in [1.807, 2.05) is 18.2 Å². The molecule has 1 aromatic carbocycles. The molecule has 0 aliphatic carbocycles. The Labute approximate surface area is 159 Å². The Morgan fingerprint density at radius 1 is 0.964 bits per heavy atom. The minimum absolute atomic E-state index is 0.288. The lowest BCUT2D eigenvalue weighted by atomic mass is 10.1. The average Bonchev–Trinajstić information content (AvgIpc) is 3.17. The Balaban J connectivity index is 1.35. The largest absolute Gasteiger partial charge is 0.416 e. The Morgan fingerprint density at radius 2 is 1.71 bits per heavy atom. The molecule has 0 amide bonds. The summed E-state index contributed by atoms with van der Waals surface area (Å²) < 4.78 is 43.3. The van der Waals surface area contributed by atoms with E-state index >= 15 is 0 Å². The number of aromatic nitrogens is 3. The number of pyridine rings is 1. The molecule has 3 heterocycles. The van der Waals surface area contributed by atoms with Gasteiger partial charge in [0.05, 0.1) is 12.1 Å². The van der Waals surface area contributed by atoms with Crippen molar-refractivity contribution in [2.24, 2.45) is 0 Å². The fourth-order valence-corrected chi connectivity index (χ4v) is 3.11. The zero-order valence-electron chi connectivity index (χ0n) is 14.9. The summed E-state index contributed by atoms with van der Waals surface area (Å²) in [5.74, 6) is 1.70. The minimum Gasteiger partial charge on any atom is -0.354 e. The van der Waals surface area contributed by atoms with Crippen molar-refractivity contribution in [1.29, 1.82) is 0 Å². The molecule has 1 fully saturated rings. The summed E-state index contributed by atoms with van der Waals surface area (Å²) in [6.07, 6.45) is -2.58. The lowest BCUT2D eigenvalue weighted by Gasteiger charge is -2.34. The second-order valence-electron chi connectivity index (χ2n) is 6.54. The summed E-state index contributed by atoms with van der Waals surface area (Å²) in [6, 6.07) is 10.6. The maximum Gasteiger partial charge on any atom is 0.416 e. The third-order valence-electron chi connectivity index (χ3n) is 4.64. The van der Waals surface area contributed by atoms with Gasteiger partial charge in [0.2, 0.25) is 11.7 Å². The molecule has 0 bridgehead atoms. The molecule has 6 nitrogen and oxygen atoms in total. The van der Waals surface area contributed by atoms with Crippen LogP contribution in [0.15, 0.2) is 53.2 Å². The second-order valence-corrected chi connectivity index (χ2v) is 6.54. The van der Waals surface area contributed by atoms with Gasteiger partial charge in [-0.05, 0) is 24.3 Å². The average molecular weight is 389 g/mol. The Kier molecular flexibility index (Phi) is 4.99. The molecule has 1 aliphatic heterocycles. The Hall–Kier alpha value is -2.94. The van der Waals surface area contributed by atoms with E-state index < -0.39 is 11.7 Å². The van der Waals surface area contributed by atoms with E-state index in [1.54, 1.807) is 6.20 Å². The summed E-state index contributed by atoms with van der Waals surface area (Å²) in [7, 11) is 0. The molecule has 0 saturated carbocycles. The molecule has 1 aliphatic rings. The molecular weight excluding hydrogens is 371 g/mol. The van der Waals surface area contributed by atoms with Gasteiger partial charge < -0.3 is 9.42 Å². The van der Waals surface area contributed by atoms with E-state index in [9.17, 15) is 13.2 Å². The standard InChI is InChI=1S/C19H18F3N5O/c20-19(21,22)15-6-4-14(5-7-15)18-24-17(28-25-18)13-26-9-11-27(12-10-26)16-3-1-2-8-23-16/h1-8H,9-13H2. The molecule has 28 heavy (non-hydrogen) atoms. The molecular formula is C19H18F3N5O. The molecule has 4 rings (SSSR count). The number of piperazine rings is 1. The highest BCUT2D eigenvalue weighted by Gasteiger charge is 2.30. The first kappa shape index (κ1) is 18.4. The highest BCUT2D eigenvalue weighted by atomic mass is 19.4. The Bertz CT molecular complexity index is 903. The van der Waals surface area contributed by atoms with Crippen molar-refractivity contribution in [3.05, 3.63) is 60.1 Å². The molecule has 0 unspecified atom stereocenters. The minimum atomic E-state index is -4.36. The van der Waals surface area contributed by atoms with Crippen molar-refractivity contribution in [3.63, 3.8) is 0 Å². The van der Waals surface area contributed by atoms with Crippen LogP contribution in [0.2, 0.25) is 0 Å². The molecule has 2 aromatic heterocycles. The topological polar surface area (TPSA) is 58.3 Å². The van der Waals surface area contributed by atoms with Gasteiger partial charge in [-0.1, -0.05) is 23.4 Å². The van der Waals surface area contributed by atoms with Crippen LogP contribution in [-0.4, -0.2) is 46.2 Å². The van der Waals surface area contributed by atoms with Crippen LogP contribution in [-0.2, 0) is 12.7 Å². The van der Waals surface area contributed by atoms with Gasteiger partial charge in [0.25, 0.3) is 0 Å². The van der Waals surface area contributed by atoms with Crippen molar-refractivity contribution in [1.82, 2.24) is 20.0 Å². The maximum atomic E-state index is 12.7. The number of hydrogen-bond acceptors (Lipinski definition) is 6. The highest BCUT2D eigenvalue weighted by molar-refractivity contribution is 5.54. The number of anilines is 1. The zero-order valence-corrected chi connectivity index (χ0v) is 14.9. The van der Waals surface area contributed by atoms with Crippen molar-refractivity contribution in [3.8, 4) is 11.4 Å². The molecule has 146 valence electrons. The molecule has 1 saturated heterocycles. The van der Waals surface area contributed by atoms with Gasteiger partial charge in [0.15, 0.2) is 0 Å². The monoisotopic (exact) mass is 389 g/mol. The van der Waals surface area contributed by atoms with Crippen molar-refractivity contribution in [2.75, 3.05) is 31.1 Å². The first-order valence-corrected chi connectivity index (χ1v) is 8.87. The maximum absolute atomic E-state index is 12.7. The van der Waals surface area contributed by atoms with Crippen LogP contribution in [0.3, 0.4) is 0 Å². The summed E-state index contributed by atoms with van der Waals surface area (Å²) in [6.45, 7) is 3.85. The summed E-state index contributed by atoms with van der Waals surface area (Å²) in [5, 5.41) is 3.89. The fraction of sp³-hybridized carbons (Fsp3) is 0.316. The lowest BCUT2D eigenvalue weighted by Crippen LogP contribution is -2.46. The smallest absolute Gasteiger partial charge is 0.354 e. The Morgan fingerprint density at radius 3 is 2.36 bits per heavy atom. The van der Waals surface area contributed by atoms with Gasteiger partial charge in [-0.25, -0.2) is 4.98 Å². The number of rotatable bonds is 4. The third-order valence-corrected chi connectivity index (χ3v) is 4.64. The number of halogens is 3. The van der Waals surface area contributed by atoms with Gasteiger partial charge in [-0.15, -0.1) is 0 Å². The van der Waals surface area contributed by atoms with Crippen LogP contribution in [0.1, 0.15) is 11.5 Å². The molecule has 0 radical (unpaired) electrons. The van der Waals surface area contributed by atoms with Crippen LogP contribution in [0.4, 0.5) is 19.0 Å².